The van der Waals surface area contributed by atoms with Crippen molar-refractivity contribution in [1.82, 2.24) is 20.2 Å². The van der Waals surface area contributed by atoms with Gasteiger partial charge >= 0.3 is 6.18 Å². The molecule has 0 bridgehead atoms. The lowest BCUT2D eigenvalue weighted by Gasteiger charge is -2.26. The van der Waals surface area contributed by atoms with E-state index in [0.29, 0.717) is 16.7 Å². The number of carbonyl (C=O) groups excluding carboxylic acids is 2. The lowest BCUT2D eigenvalue weighted by molar-refractivity contribution is -0.141. The van der Waals surface area contributed by atoms with Gasteiger partial charge in [-0.1, -0.05) is 6.07 Å². The number of amides is 2. The second-order valence-electron chi connectivity index (χ2n) is 7.65. The zero-order chi connectivity index (χ0) is 23.4. The van der Waals surface area contributed by atoms with Crippen LogP contribution in [0.3, 0.4) is 0 Å². The van der Waals surface area contributed by atoms with E-state index in [-0.39, 0.29) is 23.9 Å². The van der Waals surface area contributed by atoms with Crippen LogP contribution in [0.2, 0.25) is 0 Å². The summed E-state index contributed by atoms with van der Waals surface area (Å²) in [5.74, 6) is -0.0123. The van der Waals surface area contributed by atoms with E-state index >= 15 is 0 Å². The first kappa shape index (κ1) is 22.5. The molecule has 0 radical (unpaired) electrons. The number of ether oxygens (including phenoxy) is 1. The van der Waals surface area contributed by atoms with Gasteiger partial charge in [-0.25, -0.2) is 9.97 Å². The first-order valence-electron chi connectivity index (χ1n) is 10.5. The molecule has 7 nitrogen and oxygen atoms in total. The van der Waals surface area contributed by atoms with Crippen LogP contribution in [0.5, 0.6) is 11.5 Å². The van der Waals surface area contributed by atoms with E-state index in [0.717, 1.165) is 44.6 Å². The average molecular weight is 458 g/mol. The Labute approximate surface area is 187 Å². The maximum Gasteiger partial charge on any atom is 0.433 e. The van der Waals surface area contributed by atoms with Crippen molar-refractivity contribution >= 4 is 22.7 Å². The minimum atomic E-state index is -4.52. The molecule has 0 atom stereocenters. The molecule has 0 aliphatic carbocycles. The highest BCUT2D eigenvalue weighted by molar-refractivity contribution is 5.97. The van der Waals surface area contributed by atoms with E-state index in [1.165, 1.54) is 12.1 Å². The fraction of sp³-hybridized carbons (Fsp3) is 0.304. The summed E-state index contributed by atoms with van der Waals surface area (Å²) in [5.41, 5.74) is -0.293. The summed E-state index contributed by atoms with van der Waals surface area (Å²) in [5, 5.41) is 3.29. The summed E-state index contributed by atoms with van der Waals surface area (Å²) in [6, 6.07) is 10.1. The van der Waals surface area contributed by atoms with Crippen molar-refractivity contribution in [2.75, 3.05) is 19.6 Å². The van der Waals surface area contributed by atoms with Crippen LogP contribution in [0.15, 0.2) is 48.7 Å². The molecule has 1 aromatic carbocycles. The van der Waals surface area contributed by atoms with Gasteiger partial charge in [0.1, 0.15) is 22.9 Å². The number of halogens is 3. The quantitative estimate of drug-likeness (QED) is 0.620. The summed E-state index contributed by atoms with van der Waals surface area (Å²) in [6.07, 6.45) is -0.438. The molecule has 33 heavy (non-hydrogen) atoms. The number of aromatic nitrogens is 2. The van der Waals surface area contributed by atoms with Gasteiger partial charge in [0.15, 0.2) is 0 Å². The van der Waals surface area contributed by atoms with Crippen LogP contribution in [0, 0.1) is 0 Å². The number of alkyl halides is 3. The Morgan fingerprint density at radius 2 is 1.76 bits per heavy atom. The summed E-state index contributed by atoms with van der Waals surface area (Å²) in [6.45, 7) is 1.36. The van der Waals surface area contributed by atoms with Crippen molar-refractivity contribution in [3.05, 3.63) is 60.0 Å². The van der Waals surface area contributed by atoms with Gasteiger partial charge in [0.25, 0.3) is 5.91 Å². The lowest BCUT2D eigenvalue weighted by atomic mass is 10.1. The summed E-state index contributed by atoms with van der Waals surface area (Å²) < 4.78 is 43.5. The van der Waals surface area contributed by atoms with Crippen LogP contribution in [-0.4, -0.2) is 46.3 Å². The molecule has 3 aromatic rings. The van der Waals surface area contributed by atoms with Crippen LogP contribution in [0.25, 0.3) is 10.9 Å². The van der Waals surface area contributed by atoms with Crippen LogP contribution < -0.4 is 10.1 Å². The van der Waals surface area contributed by atoms with Gasteiger partial charge in [0.2, 0.25) is 5.91 Å². The maximum absolute atomic E-state index is 12.6. The first-order valence-corrected chi connectivity index (χ1v) is 10.5. The summed E-state index contributed by atoms with van der Waals surface area (Å²) >= 11 is 0. The highest BCUT2D eigenvalue weighted by atomic mass is 19.4. The van der Waals surface area contributed by atoms with E-state index in [1.807, 2.05) is 0 Å². The molecular weight excluding hydrogens is 437 g/mol. The second-order valence-corrected chi connectivity index (χ2v) is 7.65. The summed E-state index contributed by atoms with van der Waals surface area (Å²) in [4.78, 5) is 34.1. The number of carbonyl (C=O) groups is 2. The zero-order valence-corrected chi connectivity index (χ0v) is 17.6. The van der Waals surface area contributed by atoms with E-state index in [2.05, 4.69) is 15.3 Å². The predicted molar refractivity (Wildman–Crippen MR) is 114 cm³/mol. The predicted octanol–water partition coefficient (Wildman–Crippen LogP) is 4.18. The first-order chi connectivity index (χ1) is 15.8. The highest BCUT2D eigenvalue weighted by Crippen LogP contribution is 2.30. The number of rotatable bonds is 5. The van der Waals surface area contributed by atoms with Crippen LogP contribution >= 0.6 is 0 Å². The number of fused-ring (bicyclic) bond motifs is 1. The van der Waals surface area contributed by atoms with Gasteiger partial charge in [-0.15, -0.1) is 0 Å². The van der Waals surface area contributed by atoms with Crippen LogP contribution in [0.4, 0.5) is 13.2 Å². The largest absolute Gasteiger partial charge is 0.456 e. The standard InChI is InChI=1S/C23H21F3N4O3/c24-23(25,26)20-9-6-17(13-27-20)33-16-5-8-18-15(12-16)4-7-19(29-18)22(32)28-14-21(31)30-10-2-1-3-11-30/h4-9,12-13H,1-3,10-11,14H2,(H,28,32). The number of hydrogen-bond acceptors (Lipinski definition) is 5. The molecule has 3 heterocycles. The Hall–Kier alpha value is -3.69. The molecule has 1 aliphatic rings. The van der Waals surface area contributed by atoms with Crippen molar-refractivity contribution in [2.45, 2.75) is 25.4 Å². The molecule has 172 valence electrons. The minimum Gasteiger partial charge on any atom is -0.456 e. The maximum atomic E-state index is 12.6. The number of nitrogens with one attached hydrogen (secondary N) is 1. The second kappa shape index (κ2) is 9.43. The van der Waals surface area contributed by atoms with Crippen LogP contribution in [-0.2, 0) is 11.0 Å². The van der Waals surface area contributed by atoms with Crippen molar-refractivity contribution in [2.24, 2.45) is 0 Å². The lowest BCUT2D eigenvalue weighted by Crippen LogP contribution is -2.42. The van der Waals surface area contributed by atoms with Crippen molar-refractivity contribution in [1.29, 1.82) is 0 Å². The Bertz CT molecular complexity index is 1160. The summed E-state index contributed by atoms with van der Waals surface area (Å²) in [7, 11) is 0. The number of nitrogens with zero attached hydrogens (tertiary/aromatic N) is 3. The Morgan fingerprint density at radius 3 is 2.45 bits per heavy atom. The topological polar surface area (TPSA) is 84.4 Å². The van der Waals surface area contributed by atoms with Crippen LogP contribution in [0.1, 0.15) is 35.4 Å². The van der Waals surface area contributed by atoms with Gasteiger partial charge in [0.05, 0.1) is 18.3 Å². The molecule has 0 saturated carbocycles. The molecular formula is C23H21F3N4O3. The van der Waals surface area contributed by atoms with E-state index in [9.17, 15) is 22.8 Å². The normalized spacial score (nSPS) is 14.2. The molecule has 1 fully saturated rings. The Kier molecular flexibility index (Phi) is 6.43. The smallest absolute Gasteiger partial charge is 0.433 e. The third-order valence-electron chi connectivity index (χ3n) is 5.26. The third-order valence-corrected chi connectivity index (χ3v) is 5.26. The molecule has 1 saturated heterocycles. The molecule has 2 amide bonds. The number of benzene rings is 1. The van der Waals surface area contributed by atoms with Gasteiger partial charge in [-0.05, 0) is 55.7 Å². The molecule has 0 spiro atoms. The van der Waals surface area contributed by atoms with E-state index in [4.69, 9.17) is 4.74 Å². The molecule has 0 unspecified atom stereocenters. The van der Waals surface area contributed by atoms with Gasteiger partial charge in [-0.3, -0.25) is 9.59 Å². The Morgan fingerprint density at radius 1 is 1.00 bits per heavy atom. The number of hydrogen-bond donors (Lipinski definition) is 1. The van der Waals surface area contributed by atoms with Gasteiger partial charge in [-0.2, -0.15) is 13.2 Å². The fourth-order valence-electron chi connectivity index (χ4n) is 3.54. The molecule has 4 rings (SSSR count). The van der Waals surface area contributed by atoms with Crippen molar-refractivity contribution < 1.29 is 27.5 Å². The molecule has 10 heteroatoms. The molecule has 1 N–H and O–H groups in total. The Balaban J connectivity index is 1.39. The number of likely N-dealkylation sites (tertiary alicyclic amines) is 1. The van der Waals surface area contributed by atoms with E-state index in [1.54, 1.807) is 29.2 Å². The molecule has 2 aromatic heterocycles. The number of pyridine rings is 2. The van der Waals surface area contributed by atoms with Crippen molar-refractivity contribution in [3.63, 3.8) is 0 Å². The molecule has 1 aliphatic heterocycles. The minimum absolute atomic E-state index is 0.0769. The van der Waals surface area contributed by atoms with Gasteiger partial charge < -0.3 is 15.0 Å². The van der Waals surface area contributed by atoms with Gasteiger partial charge in [0, 0.05) is 18.5 Å². The highest BCUT2D eigenvalue weighted by Gasteiger charge is 2.32. The average Bonchev–Trinajstić information content (AvgIpc) is 2.82. The van der Waals surface area contributed by atoms with E-state index < -0.39 is 17.8 Å². The number of piperidine rings is 1. The SMILES string of the molecule is O=C(NCC(=O)N1CCCCC1)c1ccc2cc(Oc3ccc(C(F)(F)F)nc3)ccc2n1. The monoisotopic (exact) mass is 458 g/mol. The fourth-order valence-corrected chi connectivity index (χ4v) is 3.54. The van der Waals surface area contributed by atoms with Crippen molar-refractivity contribution in [3.8, 4) is 11.5 Å². The third kappa shape index (κ3) is 5.57. The zero-order valence-electron chi connectivity index (χ0n) is 17.6.